The van der Waals surface area contributed by atoms with Gasteiger partial charge in [-0.25, -0.2) is 4.68 Å². The van der Waals surface area contributed by atoms with Gasteiger partial charge in [0.25, 0.3) is 5.56 Å². The molecule has 0 bridgehead atoms. The molecule has 0 aliphatic heterocycles. The lowest BCUT2D eigenvalue weighted by Gasteiger charge is -2.09. The van der Waals surface area contributed by atoms with Crippen LogP contribution in [-0.4, -0.2) is 22.2 Å². The lowest BCUT2D eigenvalue weighted by atomic mass is 10.1. The molecule has 5 nitrogen and oxygen atoms in total. The van der Waals surface area contributed by atoms with Gasteiger partial charge in [-0.2, -0.15) is 5.10 Å². The van der Waals surface area contributed by atoms with Crippen LogP contribution in [0.1, 0.15) is 11.1 Å². The second-order valence-electron chi connectivity index (χ2n) is 6.16. The highest BCUT2D eigenvalue weighted by molar-refractivity contribution is 5.78. The lowest BCUT2D eigenvalue weighted by Crippen LogP contribution is -2.32. The van der Waals surface area contributed by atoms with Crippen LogP contribution in [0.15, 0.2) is 71.5 Å². The first-order chi connectivity index (χ1) is 12.6. The van der Waals surface area contributed by atoms with E-state index in [-0.39, 0.29) is 11.5 Å². The van der Waals surface area contributed by atoms with Crippen LogP contribution in [0, 0.1) is 6.92 Å². The van der Waals surface area contributed by atoms with Crippen LogP contribution in [0.2, 0.25) is 0 Å². The molecule has 1 amide bonds. The molecule has 5 heteroatoms. The van der Waals surface area contributed by atoms with Crippen LogP contribution in [-0.2, 0) is 17.8 Å². The number of amides is 1. The van der Waals surface area contributed by atoms with Gasteiger partial charge in [0.2, 0.25) is 5.91 Å². The fourth-order valence-corrected chi connectivity index (χ4v) is 2.63. The van der Waals surface area contributed by atoms with Crippen LogP contribution >= 0.6 is 0 Å². The molecule has 0 unspecified atom stereocenters. The van der Waals surface area contributed by atoms with Crippen LogP contribution in [0.3, 0.4) is 0 Å². The van der Waals surface area contributed by atoms with E-state index in [1.54, 1.807) is 6.07 Å². The molecule has 0 atom stereocenters. The standard InChI is InChI=1S/C21H21N3O2/c1-16-7-9-17(10-8-16)15-20(25)22-13-14-24-21(26)12-11-19(23-24)18-5-3-2-4-6-18/h2-12H,13-15H2,1H3,(H,22,25). The Balaban J connectivity index is 1.58. The average molecular weight is 347 g/mol. The van der Waals surface area contributed by atoms with Crippen LogP contribution in [0.25, 0.3) is 11.3 Å². The molecule has 1 aromatic heterocycles. The van der Waals surface area contributed by atoms with Crippen molar-refractivity contribution in [3.05, 3.63) is 88.2 Å². The summed E-state index contributed by atoms with van der Waals surface area (Å²) in [5.74, 6) is -0.0684. The maximum absolute atomic E-state index is 12.0. The zero-order valence-electron chi connectivity index (χ0n) is 14.7. The van der Waals surface area contributed by atoms with Crippen molar-refractivity contribution in [3.8, 4) is 11.3 Å². The van der Waals surface area contributed by atoms with E-state index in [1.807, 2.05) is 61.5 Å². The zero-order valence-corrected chi connectivity index (χ0v) is 14.7. The summed E-state index contributed by atoms with van der Waals surface area (Å²) in [6.07, 6.45) is 0.326. The molecule has 0 saturated heterocycles. The van der Waals surface area contributed by atoms with Gasteiger partial charge in [-0.3, -0.25) is 9.59 Å². The minimum atomic E-state index is -0.183. The number of carbonyl (C=O) groups is 1. The van der Waals surface area contributed by atoms with Gasteiger partial charge in [0.1, 0.15) is 0 Å². The van der Waals surface area contributed by atoms with Gasteiger partial charge in [0.15, 0.2) is 0 Å². The molecule has 0 spiro atoms. The Kier molecular flexibility index (Phi) is 5.59. The number of hydrogen-bond acceptors (Lipinski definition) is 3. The summed E-state index contributed by atoms with van der Waals surface area (Å²) >= 11 is 0. The largest absolute Gasteiger partial charge is 0.354 e. The van der Waals surface area contributed by atoms with E-state index in [1.165, 1.54) is 10.7 Å². The second-order valence-corrected chi connectivity index (χ2v) is 6.16. The molecule has 1 N–H and O–H groups in total. The monoisotopic (exact) mass is 347 g/mol. The summed E-state index contributed by atoms with van der Waals surface area (Å²) < 4.78 is 1.38. The molecule has 0 aliphatic rings. The second kappa shape index (κ2) is 8.25. The van der Waals surface area contributed by atoms with Gasteiger partial charge in [-0.05, 0) is 18.6 Å². The van der Waals surface area contributed by atoms with Gasteiger partial charge >= 0.3 is 0 Å². The third-order valence-corrected chi connectivity index (χ3v) is 4.07. The SMILES string of the molecule is Cc1ccc(CC(=O)NCCn2nc(-c3ccccc3)ccc2=O)cc1. The van der Waals surface area contributed by atoms with E-state index >= 15 is 0 Å². The Bertz CT molecular complexity index is 931. The van der Waals surface area contributed by atoms with Crippen LogP contribution in [0.4, 0.5) is 0 Å². The molecule has 1 heterocycles. The Morgan fingerprint density at radius 3 is 2.46 bits per heavy atom. The molecule has 26 heavy (non-hydrogen) atoms. The first-order valence-electron chi connectivity index (χ1n) is 8.58. The third-order valence-electron chi connectivity index (χ3n) is 4.07. The number of benzene rings is 2. The van der Waals surface area contributed by atoms with Crippen molar-refractivity contribution in [2.24, 2.45) is 0 Å². The number of nitrogens with one attached hydrogen (secondary N) is 1. The highest BCUT2D eigenvalue weighted by Gasteiger charge is 2.05. The quantitative estimate of drug-likeness (QED) is 0.745. The number of carbonyl (C=O) groups excluding carboxylic acids is 1. The Labute approximate surface area is 152 Å². The topological polar surface area (TPSA) is 64.0 Å². The summed E-state index contributed by atoms with van der Waals surface area (Å²) in [4.78, 5) is 24.0. The predicted molar refractivity (Wildman–Crippen MR) is 102 cm³/mol. The third kappa shape index (κ3) is 4.66. The summed E-state index contributed by atoms with van der Waals surface area (Å²) in [7, 11) is 0. The molecule has 0 aliphatic carbocycles. The summed E-state index contributed by atoms with van der Waals surface area (Å²) in [5.41, 5.74) is 3.63. The zero-order chi connectivity index (χ0) is 18.4. The van der Waals surface area contributed by atoms with E-state index in [9.17, 15) is 9.59 Å². The normalized spacial score (nSPS) is 10.5. The van der Waals surface area contributed by atoms with E-state index in [0.717, 1.165) is 22.4 Å². The molecule has 3 rings (SSSR count). The molecule has 2 aromatic carbocycles. The molecular formula is C21H21N3O2. The van der Waals surface area contributed by atoms with Crippen LogP contribution in [0.5, 0.6) is 0 Å². The highest BCUT2D eigenvalue weighted by atomic mass is 16.1. The first kappa shape index (κ1) is 17.6. The maximum atomic E-state index is 12.0. The van der Waals surface area contributed by atoms with Gasteiger partial charge in [0, 0.05) is 18.2 Å². The Morgan fingerprint density at radius 2 is 1.73 bits per heavy atom. The van der Waals surface area contributed by atoms with Gasteiger partial charge in [-0.1, -0.05) is 60.2 Å². The van der Waals surface area contributed by atoms with Crippen molar-refractivity contribution >= 4 is 5.91 Å². The predicted octanol–water partition coefficient (Wildman–Crippen LogP) is 2.58. The van der Waals surface area contributed by atoms with Crippen LogP contribution < -0.4 is 10.9 Å². The molecule has 0 saturated carbocycles. The summed E-state index contributed by atoms with van der Waals surface area (Å²) in [6, 6.07) is 20.8. The van der Waals surface area contributed by atoms with Crippen molar-refractivity contribution in [1.29, 1.82) is 0 Å². The van der Waals surface area contributed by atoms with Gasteiger partial charge < -0.3 is 5.32 Å². The fourth-order valence-electron chi connectivity index (χ4n) is 2.63. The molecule has 3 aromatic rings. The van der Waals surface area contributed by atoms with E-state index < -0.39 is 0 Å². The summed E-state index contributed by atoms with van der Waals surface area (Å²) in [5, 5.41) is 7.23. The summed E-state index contributed by atoms with van der Waals surface area (Å²) in [6.45, 7) is 2.70. The minimum Gasteiger partial charge on any atom is -0.354 e. The van der Waals surface area contributed by atoms with E-state index in [4.69, 9.17) is 0 Å². The van der Waals surface area contributed by atoms with Crippen molar-refractivity contribution < 1.29 is 4.79 Å². The van der Waals surface area contributed by atoms with Crippen molar-refractivity contribution in [1.82, 2.24) is 15.1 Å². The molecule has 0 radical (unpaired) electrons. The number of hydrogen-bond donors (Lipinski definition) is 1. The van der Waals surface area contributed by atoms with Gasteiger partial charge in [0.05, 0.1) is 18.7 Å². The first-order valence-corrected chi connectivity index (χ1v) is 8.58. The lowest BCUT2D eigenvalue weighted by molar-refractivity contribution is -0.120. The maximum Gasteiger partial charge on any atom is 0.266 e. The minimum absolute atomic E-state index is 0.0684. The highest BCUT2D eigenvalue weighted by Crippen LogP contribution is 2.13. The Morgan fingerprint density at radius 1 is 1.00 bits per heavy atom. The molecular weight excluding hydrogens is 326 g/mol. The van der Waals surface area contributed by atoms with Crippen molar-refractivity contribution in [3.63, 3.8) is 0 Å². The Hall–Kier alpha value is -3.21. The number of aryl methyl sites for hydroxylation is 1. The number of aromatic nitrogens is 2. The fraction of sp³-hybridized carbons (Fsp3) is 0.190. The smallest absolute Gasteiger partial charge is 0.266 e. The van der Waals surface area contributed by atoms with Gasteiger partial charge in [-0.15, -0.1) is 0 Å². The van der Waals surface area contributed by atoms with Crippen molar-refractivity contribution in [2.75, 3.05) is 6.54 Å². The number of rotatable bonds is 6. The molecule has 0 fully saturated rings. The van der Waals surface area contributed by atoms with Crippen molar-refractivity contribution in [2.45, 2.75) is 19.9 Å². The average Bonchev–Trinajstić information content (AvgIpc) is 2.66. The van der Waals surface area contributed by atoms with E-state index in [0.29, 0.717) is 19.5 Å². The number of nitrogens with zero attached hydrogens (tertiary/aromatic N) is 2. The van der Waals surface area contributed by atoms with E-state index in [2.05, 4.69) is 10.4 Å². The molecule has 132 valence electrons.